The summed E-state index contributed by atoms with van der Waals surface area (Å²) in [6.45, 7) is 10.3. The lowest BCUT2D eigenvalue weighted by Gasteiger charge is -2.21. The Labute approximate surface area is 131 Å². The summed E-state index contributed by atoms with van der Waals surface area (Å²) in [5.74, 6) is 0.407. The van der Waals surface area contributed by atoms with Crippen LogP contribution in [0.2, 0.25) is 0 Å². The van der Waals surface area contributed by atoms with Crippen molar-refractivity contribution in [3.05, 3.63) is 12.2 Å². The molecule has 0 aromatic carbocycles. The van der Waals surface area contributed by atoms with Gasteiger partial charge in [-0.05, 0) is 32.1 Å². The smallest absolute Gasteiger partial charge is 0.318 e. The second kappa shape index (κ2) is 11.9. The van der Waals surface area contributed by atoms with Crippen LogP contribution in [0.4, 0.5) is 4.79 Å². The van der Waals surface area contributed by atoms with Crippen LogP contribution in [-0.2, 0) is 4.79 Å². The second-order valence-corrected chi connectivity index (χ2v) is 6.30. The SMILES string of the molecule is C/C=C/C(C)CCC.CCC(Br)(CC)C(=O)NC(N)=O. The molecule has 4 nitrogen and oxygen atoms in total. The van der Waals surface area contributed by atoms with E-state index in [4.69, 9.17) is 5.73 Å². The second-order valence-electron chi connectivity index (χ2n) is 4.78. The number of amides is 3. The maximum atomic E-state index is 11.3. The molecule has 1 atom stereocenters. The Hall–Kier alpha value is -0.840. The number of urea groups is 1. The van der Waals surface area contributed by atoms with Crippen molar-refractivity contribution in [3.63, 3.8) is 0 Å². The van der Waals surface area contributed by atoms with E-state index in [1.807, 2.05) is 19.2 Å². The highest BCUT2D eigenvalue weighted by Gasteiger charge is 2.32. The minimum absolute atomic E-state index is 0.375. The first-order valence-electron chi connectivity index (χ1n) is 7.19. The van der Waals surface area contributed by atoms with E-state index in [1.54, 1.807) is 0 Å². The summed E-state index contributed by atoms with van der Waals surface area (Å²) in [7, 11) is 0. The van der Waals surface area contributed by atoms with Crippen molar-refractivity contribution >= 4 is 27.9 Å². The highest BCUT2D eigenvalue weighted by molar-refractivity contribution is 9.10. The quantitative estimate of drug-likeness (QED) is 0.559. The van der Waals surface area contributed by atoms with Crippen LogP contribution in [0.25, 0.3) is 0 Å². The van der Waals surface area contributed by atoms with E-state index in [-0.39, 0.29) is 5.91 Å². The number of primary amides is 1. The first-order chi connectivity index (χ1) is 9.27. The lowest BCUT2D eigenvalue weighted by Crippen LogP contribution is -2.46. The number of alkyl halides is 1. The fourth-order valence-corrected chi connectivity index (χ4v) is 1.77. The molecular weight excluding hydrogens is 320 g/mol. The van der Waals surface area contributed by atoms with Gasteiger partial charge in [0.1, 0.15) is 4.32 Å². The van der Waals surface area contributed by atoms with Gasteiger partial charge >= 0.3 is 6.03 Å². The van der Waals surface area contributed by atoms with Crippen LogP contribution in [-0.4, -0.2) is 16.3 Å². The molecule has 0 saturated carbocycles. The highest BCUT2D eigenvalue weighted by atomic mass is 79.9. The molecule has 0 saturated heterocycles. The Kier molecular flexibility index (Phi) is 12.8. The number of nitrogens with two attached hydrogens (primary N) is 1. The predicted molar refractivity (Wildman–Crippen MR) is 88.9 cm³/mol. The molecule has 0 aromatic rings. The molecular formula is C15H29BrN2O2. The maximum absolute atomic E-state index is 11.3. The van der Waals surface area contributed by atoms with Gasteiger partial charge in [0.15, 0.2) is 0 Å². The first kappa shape index (κ1) is 21.5. The van der Waals surface area contributed by atoms with Crippen LogP contribution in [0.15, 0.2) is 12.2 Å². The molecule has 0 aliphatic rings. The zero-order chi connectivity index (χ0) is 16.2. The van der Waals surface area contributed by atoms with Crippen LogP contribution in [0.5, 0.6) is 0 Å². The molecule has 0 rings (SSSR count). The number of carbonyl (C=O) groups is 2. The molecule has 0 aliphatic carbocycles. The first-order valence-corrected chi connectivity index (χ1v) is 7.99. The molecule has 0 bridgehead atoms. The van der Waals surface area contributed by atoms with Gasteiger partial charge < -0.3 is 5.73 Å². The standard InChI is InChI=1S/C8H16.C7H13BrN2O2/c1-4-6-8(3)7-5-2;1-3-7(8,4-2)5(11)10-6(9)12/h4,6,8H,5,7H2,1-3H3;3-4H2,1-2H3,(H3,9,10,11,12)/b6-4+;. The minimum Gasteiger partial charge on any atom is -0.351 e. The van der Waals surface area contributed by atoms with Gasteiger partial charge in [-0.2, -0.15) is 0 Å². The largest absolute Gasteiger partial charge is 0.351 e. The lowest BCUT2D eigenvalue weighted by atomic mass is 10.0. The molecule has 118 valence electrons. The Bertz CT molecular complexity index is 313. The zero-order valence-corrected chi connectivity index (χ0v) is 14.9. The van der Waals surface area contributed by atoms with Crippen molar-refractivity contribution in [1.82, 2.24) is 5.32 Å². The van der Waals surface area contributed by atoms with Gasteiger partial charge in [-0.3, -0.25) is 10.1 Å². The third-order valence-corrected chi connectivity index (χ3v) is 4.51. The number of hydrogen-bond acceptors (Lipinski definition) is 2. The van der Waals surface area contributed by atoms with Crippen molar-refractivity contribution in [2.24, 2.45) is 11.7 Å². The molecule has 5 heteroatoms. The molecule has 0 aromatic heterocycles. The predicted octanol–water partition coefficient (Wildman–Crippen LogP) is 4.13. The summed E-state index contributed by atoms with van der Waals surface area (Å²) in [6.07, 6.45) is 8.23. The molecule has 0 heterocycles. The highest BCUT2D eigenvalue weighted by Crippen LogP contribution is 2.26. The number of allylic oxidation sites excluding steroid dienone is 2. The number of imide groups is 1. The average molecular weight is 349 g/mol. The molecule has 20 heavy (non-hydrogen) atoms. The monoisotopic (exact) mass is 348 g/mol. The number of hydrogen-bond donors (Lipinski definition) is 2. The number of rotatable bonds is 6. The van der Waals surface area contributed by atoms with Gasteiger partial charge in [0.25, 0.3) is 0 Å². The Morgan fingerprint density at radius 1 is 1.30 bits per heavy atom. The molecule has 3 amide bonds. The van der Waals surface area contributed by atoms with E-state index in [1.165, 1.54) is 12.8 Å². The fraction of sp³-hybridized carbons (Fsp3) is 0.733. The number of nitrogens with one attached hydrogen (secondary N) is 1. The molecule has 0 aliphatic heterocycles. The summed E-state index contributed by atoms with van der Waals surface area (Å²) < 4.78 is -0.665. The van der Waals surface area contributed by atoms with Crippen molar-refractivity contribution in [1.29, 1.82) is 0 Å². The van der Waals surface area contributed by atoms with Crippen molar-refractivity contribution in [2.75, 3.05) is 0 Å². The van der Waals surface area contributed by atoms with E-state index in [0.717, 1.165) is 5.92 Å². The summed E-state index contributed by atoms with van der Waals surface area (Å²) >= 11 is 3.26. The third-order valence-electron chi connectivity index (χ3n) is 3.03. The Balaban J connectivity index is 0. The van der Waals surface area contributed by atoms with E-state index in [9.17, 15) is 9.59 Å². The average Bonchev–Trinajstić information content (AvgIpc) is 2.38. The van der Waals surface area contributed by atoms with Crippen molar-refractivity contribution in [3.8, 4) is 0 Å². The topological polar surface area (TPSA) is 72.2 Å². The van der Waals surface area contributed by atoms with Crippen LogP contribution >= 0.6 is 15.9 Å². The normalized spacial score (nSPS) is 12.5. The van der Waals surface area contributed by atoms with E-state index in [2.05, 4.69) is 48.9 Å². The van der Waals surface area contributed by atoms with Crippen molar-refractivity contribution < 1.29 is 9.59 Å². The van der Waals surface area contributed by atoms with Crippen LogP contribution in [0.1, 0.15) is 60.3 Å². The van der Waals surface area contributed by atoms with Crippen LogP contribution in [0.3, 0.4) is 0 Å². The minimum atomic E-state index is -0.814. The molecule has 3 N–H and O–H groups in total. The van der Waals surface area contributed by atoms with E-state index >= 15 is 0 Å². The third kappa shape index (κ3) is 10.0. The molecule has 0 fully saturated rings. The van der Waals surface area contributed by atoms with Crippen LogP contribution in [0, 0.1) is 5.92 Å². The van der Waals surface area contributed by atoms with Gasteiger partial charge in [-0.15, -0.1) is 0 Å². The lowest BCUT2D eigenvalue weighted by molar-refractivity contribution is -0.122. The fourth-order valence-electron chi connectivity index (χ4n) is 1.68. The Morgan fingerprint density at radius 2 is 1.80 bits per heavy atom. The zero-order valence-electron chi connectivity index (χ0n) is 13.3. The Morgan fingerprint density at radius 3 is 2.10 bits per heavy atom. The summed E-state index contributed by atoms with van der Waals surface area (Å²) in [4.78, 5) is 21.6. The van der Waals surface area contributed by atoms with E-state index < -0.39 is 10.4 Å². The molecule has 0 radical (unpaired) electrons. The van der Waals surface area contributed by atoms with E-state index in [0.29, 0.717) is 12.8 Å². The van der Waals surface area contributed by atoms with Gasteiger partial charge in [-0.25, -0.2) is 4.79 Å². The van der Waals surface area contributed by atoms with Gasteiger partial charge in [0.05, 0.1) is 0 Å². The molecule has 1 unspecified atom stereocenters. The van der Waals surface area contributed by atoms with Crippen molar-refractivity contribution in [2.45, 2.75) is 64.6 Å². The van der Waals surface area contributed by atoms with Crippen LogP contribution < -0.4 is 11.1 Å². The maximum Gasteiger partial charge on any atom is 0.318 e. The van der Waals surface area contributed by atoms with Gasteiger partial charge in [0, 0.05) is 0 Å². The van der Waals surface area contributed by atoms with Gasteiger partial charge in [0.2, 0.25) is 5.91 Å². The summed E-state index contributed by atoms with van der Waals surface area (Å²) in [6, 6.07) is -0.814. The molecule has 0 spiro atoms. The number of halogens is 1. The number of carbonyl (C=O) groups excluding carboxylic acids is 2. The summed E-state index contributed by atoms with van der Waals surface area (Å²) in [5, 5.41) is 2.04. The van der Waals surface area contributed by atoms with Gasteiger partial charge in [-0.1, -0.05) is 62.2 Å². The summed E-state index contributed by atoms with van der Waals surface area (Å²) in [5.41, 5.74) is 4.81.